The van der Waals surface area contributed by atoms with Crippen molar-refractivity contribution in [3.8, 4) is 0 Å². The molecule has 0 spiro atoms. The Kier molecular flexibility index (Phi) is 7.60. The molecule has 1 unspecified atom stereocenters. The van der Waals surface area contributed by atoms with Gasteiger partial charge >= 0.3 is 0 Å². The third-order valence-corrected chi connectivity index (χ3v) is 8.18. The van der Waals surface area contributed by atoms with Crippen LogP contribution in [0.3, 0.4) is 0 Å². The van der Waals surface area contributed by atoms with Gasteiger partial charge in [0.15, 0.2) is 0 Å². The van der Waals surface area contributed by atoms with Gasteiger partial charge in [-0.1, -0.05) is 12.8 Å². The summed E-state index contributed by atoms with van der Waals surface area (Å²) in [5, 5.41) is 0. The van der Waals surface area contributed by atoms with E-state index in [2.05, 4.69) is 14.8 Å². The van der Waals surface area contributed by atoms with Crippen molar-refractivity contribution in [2.24, 2.45) is 5.92 Å². The van der Waals surface area contributed by atoms with Gasteiger partial charge in [0.05, 0.1) is 17.3 Å². The lowest BCUT2D eigenvalue weighted by Gasteiger charge is -2.38. The minimum atomic E-state index is 0.239. The average Bonchev–Trinajstić information content (AvgIpc) is 3.50. The van der Waals surface area contributed by atoms with E-state index in [0.717, 1.165) is 50.7 Å². The van der Waals surface area contributed by atoms with Gasteiger partial charge in [0, 0.05) is 37.0 Å². The summed E-state index contributed by atoms with van der Waals surface area (Å²) in [7, 11) is 0. The zero-order chi connectivity index (χ0) is 20.1. The van der Waals surface area contributed by atoms with Crippen LogP contribution in [0.1, 0.15) is 68.4 Å². The van der Waals surface area contributed by atoms with Crippen LogP contribution in [0.5, 0.6) is 0 Å². The van der Waals surface area contributed by atoms with E-state index >= 15 is 0 Å². The van der Waals surface area contributed by atoms with E-state index in [1.165, 1.54) is 56.5 Å². The molecule has 3 heterocycles. The van der Waals surface area contributed by atoms with Crippen molar-refractivity contribution in [3.05, 3.63) is 16.1 Å². The number of ether oxygens (including phenoxy) is 1. The second-order valence-electron chi connectivity index (χ2n) is 9.21. The molecule has 3 fully saturated rings. The summed E-state index contributed by atoms with van der Waals surface area (Å²) < 4.78 is 5.87. The Morgan fingerprint density at radius 1 is 1.17 bits per heavy atom. The van der Waals surface area contributed by atoms with Crippen LogP contribution in [-0.2, 0) is 16.0 Å². The van der Waals surface area contributed by atoms with Crippen LogP contribution in [0, 0.1) is 12.8 Å². The van der Waals surface area contributed by atoms with E-state index in [0.29, 0.717) is 18.2 Å². The summed E-state index contributed by atoms with van der Waals surface area (Å²) in [6, 6.07) is 0.836. The van der Waals surface area contributed by atoms with Gasteiger partial charge in [-0.15, -0.1) is 11.3 Å². The van der Waals surface area contributed by atoms with Crippen molar-refractivity contribution < 1.29 is 9.53 Å². The first kappa shape index (κ1) is 21.3. The number of rotatable bonds is 8. The predicted octanol–water partition coefficient (Wildman–Crippen LogP) is 4.05. The lowest BCUT2D eigenvalue weighted by Crippen LogP contribution is -2.45. The highest BCUT2D eigenvalue weighted by Gasteiger charge is 2.30. The van der Waals surface area contributed by atoms with Crippen LogP contribution in [0.4, 0.5) is 0 Å². The number of thiazole rings is 1. The summed E-state index contributed by atoms with van der Waals surface area (Å²) in [6.07, 6.45) is 12.0. The molecule has 5 nitrogen and oxygen atoms in total. The van der Waals surface area contributed by atoms with Gasteiger partial charge in [-0.05, 0) is 70.9 Å². The number of likely N-dealkylation sites (tertiary alicyclic amines) is 1. The largest absolute Gasteiger partial charge is 0.376 e. The molecule has 1 aliphatic carbocycles. The van der Waals surface area contributed by atoms with E-state index in [4.69, 9.17) is 4.74 Å². The Morgan fingerprint density at radius 2 is 1.97 bits per heavy atom. The van der Waals surface area contributed by atoms with E-state index in [1.807, 2.05) is 12.4 Å². The summed E-state index contributed by atoms with van der Waals surface area (Å²) in [6.45, 7) is 7.03. The number of carbonyl (C=O) groups excluding carboxylic acids is 1. The van der Waals surface area contributed by atoms with Gasteiger partial charge in [0.1, 0.15) is 0 Å². The molecular formula is C23H37N3O2S. The number of aryl methyl sites for hydroxylation is 2. The Bertz CT molecular complexity index is 644. The summed E-state index contributed by atoms with van der Waals surface area (Å²) in [5.41, 5.74) is 2.96. The topological polar surface area (TPSA) is 45.7 Å². The molecule has 3 aliphatic rings. The predicted molar refractivity (Wildman–Crippen MR) is 117 cm³/mol. The summed E-state index contributed by atoms with van der Waals surface area (Å²) >= 11 is 1.67. The van der Waals surface area contributed by atoms with Gasteiger partial charge < -0.3 is 14.5 Å². The molecule has 1 amide bonds. The highest BCUT2D eigenvalue weighted by atomic mass is 32.1. The number of piperidine rings is 1. The maximum atomic E-state index is 13.1. The second kappa shape index (κ2) is 10.4. The van der Waals surface area contributed by atoms with Crippen molar-refractivity contribution in [1.29, 1.82) is 0 Å². The van der Waals surface area contributed by atoms with E-state index < -0.39 is 0 Å². The smallest absolute Gasteiger partial charge is 0.223 e. The van der Waals surface area contributed by atoms with Crippen LogP contribution in [0.2, 0.25) is 0 Å². The molecule has 1 atom stereocenters. The Hall–Kier alpha value is -0.980. The number of hydrogen-bond donors (Lipinski definition) is 0. The van der Waals surface area contributed by atoms with Crippen LogP contribution in [0.25, 0.3) is 0 Å². The Balaban J connectivity index is 1.30. The van der Waals surface area contributed by atoms with Crippen molar-refractivity contribution in [2.75, 3.05) is 32.8 Å². The molecule has 0 bridgehead atoms. The maximum absolute atomic E-state index is 13.1. The monoisotopic (exact) mass is 419 g/mol. The van der Waals surface area contributed by atoms with Crippen molar-refractivity contribution in [1.82, 2.24) is 14.8 Å². The molecule has 1 aromatic rings. The lowest BCUT2D eigenvalue weighted by molar-refractivity contribution is -0.133. The fourth-order valence-corrected chi connectivity index (χ4v) is 6.12. The third kappa shape index (κ3) is 5.80. The summed E-state index contributed by atoms with van der Waals surface area (Å²) in [5.74, 6) is 0.940. The highest BCUT2D eigenvalue weighted by molar-refractivity contribution is 7.09. The molecule has 29 heavy (non-hydrogen) atoms. The molecule has 0 N–H and O–H groups in total. The molecular weight excluding hydrogens is 382 g/mol. The van der Waals surface area contributed by atoms with Gasteiger partial charge in [-0.2, -0.15) is 0 Å². The minimum Gasteiger partial charge on any atom is -0.376 e. The zero-order valence-electron chi connectivity index (χ0n) is 18.0. The molecule has 2 aliphatic heterocycles. The van der Waals surface area contributed by atoms with Crippen molar-refractivity contribution >= 4 is 17.2 Å². The lowest BCUT2D eigenvalue weighted by atomic mass is 9.94. The Morgan fingerprint density at radius 3 is 2.62 bits per heavy atom. The molecule has 1 aromatic heterocycles. The zero-order valence-corrected chi connectivity index (χ0v) is 18.8. The average molecular weight is 420 g/mol. The van der Waals surface area contributed by atoms with Crippen LogP contribution < -0.4 is 0 Å². The van der Waals surface area contributed by atoms with Crippen molar-refractivity contribution in [2.45, 2.75) is 83.3 Å². The number of nitrogens with zero attached hydrogens (tertiary/aromatic N) is 3. The van der Waals surface area contributed by atoms with Gasteiger partial charge in [-0.25, -0.2) is 4.98 Å². The molecule has 6 heteroatoms. The summed E-state index contributed by atoms with van der Waals surface area (Å²) in [4.78, 5) is 23.6. The second-order valence-corrected chi connectivity index (χ2v) is 10.2. The molecule has 2 saturated heterocycles. The first-order valence-corrected chi connectivity index (χ1v) is 12.6. The number of carbonyl (C=O) groups is 1. The molecule has 1 saturated carbocycles. The highest BCUT2D eigenvalue weighted by Crippen LogP contribution is 2.28. The fourth-order valence-electron chi connectivity index (χ4n) is 5.34. The number of aromatic nitrogens is 1. The fraction of sp³-hybridized carbons (Fsp3) is 0.826. The number of amides is 1. The van der Waals surface area contributed by atoms with Gasteiger partial charge in [-0.3, -0.25) is 4.79 Å². The first-order chi connectivity index (χ1) is 14.2. The number of hydrogen-bond acceptors (Lipinski definition) is 5. The Labute approximate surface area is 179 Å². The molecule has 0 aromatic carbocycles. The third-order valence-electron chi connectivity index (χ3n) is 7.18. The standard InChI is InChI=1S/C23H37N3O2S/c1-18-22(29-17-24-18)8-9-23(27)26(16-21-7-4-14-28-21)15-19-10-12-25(13-11-19)20-5-2-3-6-20/h17,19-21H,2-16H2,1H3. The molecule has 162 valence electrons. The van der Waals surface area contributed by atoms with Gasteiger partial charge in [0.25, 0.3) is 0 Å². The molecule has 0 radical (unpaired) electrons. The normalized spacial score (nSPS) is 24.4. The molecule has 4 rings (SSSR count). The quantitative estimate of drug-likeness (QED) is 0.638. The van der Waals surface area contributed by atoms with Crippen LogP contribution >= 0.6 is 11.3 Å². The minimum absolute atomic E-state index is 0.239. The van der Waals surface area contributed by atoms with E-state index in [-0.39, 0.29) is 6.10 Å². The van der Waals surface area contributed by atoms with Crippen LogP contribution in [-0.4, -0.2) is 65.6 Å². The van der Waals surface area contributed by atoms with Crippen molar-refractivity contribution in [3.63, 3.8) is 0 Å². The van der Waals surface area contributed by atoms with E-state index in [9.17, 15) is 4.79 Å². The maximum Gasteiger partial charge on any atom is 0.223 e. The first-order valence-electron chi connectivity index (χ1n) is 11.7. The van der Waals surface area contributed by atoms with E-state index in [1.54, 1.807) is 11.3 Å². The van der Waals surface area contributed by atoms with Crippen LogP contribution in [0.15, 0.2) is 5.51 Å². The SMILES string of the molecule is Cc1ncsc1CCC(=O)N(CC1CCN(C2CCCC2)CC1)CC1CCCO1. The van der Waals surface area contributed by atoms with Gasteiger partial charge in [0.2, 0.25) is 5.91 Å².